The maximum Gasteiger partial charge on any atom is 0.300 e. The lowest BCUT2D eigenvalue weighted by Crippen LogP contribution is -2.08. The molecule has 0 aliphatic carbocycles. The Morgan fingerprint density at radius 2 is 1.84 bits per heavy atom. The monoisotopic (exact) mass is 278 g/mol. The summed E-state index contributed by atoms with van der Waals surface area (Å²) >= 11 is 0. The van der Waals surface area contributed by atoms with Crippen molar-refractivity contribution in [2.75, 3.05) is 0 Å². The smallest absolute Gasteiger partial charge is 0.300 e. The summed E-state index contributed by atoms with van der Waals surface area (Å²) in [7, 11) is -4.46. The molecule has 2 aromatic carbocycles. The number of benzene rings is 2. The highest BCUT2D eigenvalue weighted by atomic mass is 32.2. The van der Waals surface area contributed by atoms with E-state index in [4.69, 9.17) is 5.90 Å². The number of rotatable bonds is 2. The standard InChI is InChI=1S/C12H10N2O4S/c13-18-10-6-5-8-7-3-1-2-4-9(7)14-11(8)12(10)19(15,16)17/h1-6,14H,13H2,(H,15,16,17). The minimum absolute atomic E-state index is 0.110. The van der Waals surface area contributed by atoms with Crippen LogP contribution >= 0.6 is 0 Å². The van der Waals surface area contributed by atoms with E-state index in [1.165, 1.54) is 6.07 Å². The molecule has 0 amide bonds. The number of H-pyrrole nitrogens is 1. The summed E-state index contributed by atoms with van der Waals surface area (Å²) in [5, 5.41) is 1.52. The van der Waals surface area contributed by atoms with E-state index in [-0.39, 0.29) is 16.2 Å². The molecule has 0 fully saturated rings. The molecule has 3 aromatic rings. The zero-order valence-electron chi connectivity index (χ0n) is 9.62. The van der Waals surface area contributed by atoms with Crippen molar-refractivity contribution in [3.8, 4) is 5.75 Å². The Kier molecular flexibility index (Phi) is 2.49. The molecule has 0 aliphatic heterocycles. The van der Waals surface area contributed by atoms with E-state index in [0.29, 0.717) is 5.39 Å². The van der Waals surface area contributed by atoms with Gasteiger partial charge in [-0.2, -0.15) is 14.3 Å². The van der Waals surface area contributed by atoms with Crippen LogP contribution in [0.25, 0.3) is 21.8 Å². The molecule has 19 heavy (non-hydrogen) atoms. The van der Waals surface area contributed by atoms with E-state index in [9.17, 15) is 13.0 Å². The number of nitrogens with one attached hydrogen (secondary N) is 1. The van der Waals surface area contributed by atoms with E-state index < -0.39 is 10.1 Å². The minimum atomic E-state index is -4.46. The van der Waals surface area contributed by atoms with Gasteiger partial charge in [0.15, 0.2) is 10.6 Å². The second kappa shape index (κ2) is 3.95. The zero-order chi connectivity index (χ0) is 13.6. The largest absolute Gasteiger partial charge is 0.410 e. The number of hydrogen-bond acceptors (Lipinski definition) is 4. The first kappa shape index (κ1) is 12.0. The van der Waals surface area contributed by atoms with Gasteiger partial charge in [0.05, 0.1) is 5.52 Å². The van der Waals surface area contributed by atoms with Gasteiger partial charge >= 0.3 is 0 Å². The van der Waals surface area contributed by atoms with Crippen LogP contribution in [0.3, 0.4) is 0 Å². The summed E-state index contributed by atoms with van der Waals surface area (Å²) in [6.45, 7) is 0. The predicted octanol–water partition coefficient (Wildman–Crippen LogP) is 1.82. The van der Waals surface area contributed by atoms with Gasteiger partial charge in [-0.1, -0.05) is 18.2 Å². The Morgan fingerprint density at radius 1 is 1.11 bits per heavy atom. The normalized spacial score (nSPS) is 12.1. The fourth-order valence-corrected chi connectivity index (χ4v) is 3.01. The van der Waals surface area contributed by atoms with Crippen LogP contribution < -0.4 is 10.7 Å². The molecule has 98 valence electrons. The van der Waals surface area contributed by atoms with E-state index in [2.05, 4.69) is 9.82 Å². The van der Waals surface area contributed by atoms with Crippen LogP contribution in [0.4, 0.5) is 0 Å². The van der Waals surface area contributed by atoms with E-state index in [0.717, 1.165) is 10.9 Å². The topological polar surface area (TPSA) is 105 Å². The highest BCUT2D eigenvalue weighted by Gasteiger charge is 2.23. The Labute approximate surface area is 108 Å². The molecular formula is C12H10N2O4S. The van der Waals surface area contributed by atoms with Gasteiger partial charge in [0.2, 0.25) is 0 Å². The third-order valence-corrected chi connectivity index (χ3v) is 3.90. The summed E-state index contributed by atoms with van der Waals surface area (Å²) in [6, 6.07) is 10.4. The van der Waals surface area contributed by atoms with Crippen LogP contribution in [0.1, 0.15) is 0 Å². The number of aromatic nitrogens is 1. The maximum atomic E-state index is 11.5. The fourth-order valence-electron chi connectivity index (χ4n) is 2.22. The Morgan fingerprint density at radius 3 is 2.53 bits per heavy atom. The molecule has 0 atom stereocenters. The van der Waals surface area contributed by atoms with Gasteiger partial charge in [0.25, 0.3) is 10.1 Å². The highest BCUT2D eigenvalue weighted by Crippen LogP contribution is 2.35. The quantitative estimate of drug-likeness (QED) is 0.490. The van der Waals surface area contributed by atoms with Crippen LogP contribution in [-0.2, 0) is 10.1 Å². The average molecular weight is 278 g/mol. The summed E-state index contributed by atoms with van der Waals surface area (Å²) in [6.07, 6.45) is 0. The van der Waals surface area contributed by atoms with E-state index >= 15 is 0 Å². The van der Waals surface area contributed by atoms with Gasteiger partial charge in [0.1, 0.15) is 0 Å². The molecule has 0 aliphatic rings. The van der Waals surface area contributed by atoms with Crippen molar-refractivity contribution in [1.82, 2.24) is 4.98 Å². The van der Waals surface area contributed by atoms with Gasteiger partial charge in [0, 0.05) is 16.3 Å². The first-order chi connectivity index (χ1) is 9.02. The van der Waals surface area contributed by atoms with Crippen LogP contribution in [0.5, 0.6) is 5.75 Å². The maximum absolute atomic E-state index is 11.5. The Bertz CT molecular complexity index is 883. The minimum Gasteiger partial charge on any atom is -0.410 e. The predicted molar refractivity (Wildman–Crippen MR) is 70.4 cm³/mol. The second-order valence-corrected chi connectivity index (χ2v) is 5.44. The SMILES string of the molecule is NOc1ccc2c([nH]c3ccccc32)c1S(=O)(=O)O. The van der Waals surface area contributed by atoms with Gasteiger partial charge < -0.3 is 9.82 Å². The average Bonchev–Trinajstić information content (AvgIpc) is 2.74. The fraction of sp³-hybridized carbons (Fsp3) is 0. The van der Waals surface area contributed by atoms with Crippen LogP contribution in [0, 0.1) is 0 Å². The van der Waals surface area contributed by atoms with Crippen molar-refractivity contribution < 1.29 is 17.8 Å². The number of nitrogens with two attached hydrogens (primary N) is 1. The number of fused-ring (bicyclic) bond motifs is 3. The summed E-state index contributed by atoms with van der Waals surface area (Å²) in [5.41, 5.74) is 1.03. The summed E-state index contributed by atoms with van der Waals surface area (Å²) in [5.74, 6) is 4.93. The third kappa shape index (κ3) is 1.75. The lowest BCUT2D eigenvalue weighted by molar-refractivity contribution is 0.324. The molecule has 4 N–H and O–H groups in total. The van der Waals surface area contributed by atoms with Crippen molar-refractivity contribution >= 4 is 31.9 Å². The van der Waals surface area contributed by atoms with Crippen LogP contribution in [0.2, 0.25) is 0 Å². The second-order valence-electron chi connectivity index (χ2n) is 4.08. The van der Waals surface area contributed by atoms with Crippen molar-refractivity contribution in [3.05, 3.63) is 36.4 Å². The molecule has 1 heterocycles. The molecular weight excluding hydrogens is 268 g/mol. The van der Waals surface area contributed by atoms with Gasteiger partial charge in [-0.05, 0) is 18.2 Å². The third-order valence-electron chi connectivity index (χ3n) is 2.98. The van der Waals surface area contributed by atoms with Gasteiger partial charge in [-0.3, -0.25) is 4.55 Å². The molecule has 0 spiro atoms. The molecule has 3 rings (SSSR count). The van der Waals surface area contributed by atoms with E-state index in [1.807, 2.05) is 24.3 Å². The molecule has 0 unspecified atom stereocenters. The molecule has 0 bridgehead atoms. The Balaban J connectivity index is 2.57. The summed E-state index contributed by atoms with van der Waals surface area (Å²) in [4.78, 5) is 7.11. The molecule has 6 nitrogen and oxygen atoms in total. The summed E-state index contributed by atoms with van der Waals surface area (Å²) < 4.78 is 32.3. The molecule has 0 saturated carbocycles. The number of para-hydroxylation sites is 1. The molecule has 0 saturated heterocycles. The van der Waals surface area contributed by atoms with Crippen LogP contribution in [0.15, 0.2) is 41.3 Å². The van der Waals surface area contributed by atoms with Gasteiger partial charge in [-0.15, -0.1) is 0 Å². The van der Waals surface area contributed by atoms with Crippen molar-refractivity contribution in [1.29, 1.82) is 0 Å². The zero-order valence-corrected chi connectivity index (χ0v) is 10.4. The Hall–Kier alpha value is -2.09. The molecule has 1 aromatic heterocycles. The lowest BCUT2D eigenvalue weighted by atomic mass is 10.1. The van der Waals surface area contributed by atoms with Gasteiger partial charge in [-0.25, -0.2) is 0 Å². The van der Waals surface area contributed by atoms with Crippen molar-refractivity contribution in [3.63, 3.8) is 0 Å². The van der Waals surface area contributed by atoms with Crippen LogP contribution in [-0.4, -0.2) is 18.0 Å². The first-order valence-corrected chi connectivity index (χ1v) is 6.84. The number of hydrogen-bond donors (Lipinski definition) is 3. The lowest BCUT2D eigenvalue weighted by Gasteiger charge is -2.05. The van der Waals surface area contributed by atoms with Crippen molar-refractivity contribution in [2.45, 2.75) is 4.90 Å². The highest BCUT2D eigenvalue weighted by molar-refractivity contribution is 7.86. The van der Waals surface area contributed by atoms with Crippen molar-refractivity contribution in [2.24, 2.45) is 5.90 Å². The number of aromatic amines is 1. The van der Waals surface area contributed by atoms with E-state index in [1.54, 1.807) is 6.07 Å². The molecule has 7 heteroatoms. The first-order valence-electron chi connectivity index (χ1n) is 5.40. The molecule has 0 radical (unpaired) electrons.